The molecule has 0 aliphatic carbocycles. The molecule has 0 saturated carbocycles. The predicted molar refractivity (Wildman–Crippen MR) is 88.4 cm³/mol. The van der Waals surface area contributed by atoms with Gasteiger partial charge in [-0.1, -0.05) is 24.3 Å². The van der Waals surface area contributed by atoms with Gasteiger partial charge in [-0.2, -0.15) is 0 Å². The number of rotatable bonds is 3. The van der Waals surface area contributed by atoms with Crippen LogP contribution < -0.4 is 10.0 Å². The van der Waals surface area contributed by atoms with Crippen LogP contribution in [-0.2, 0) is 27.8 Å². The lowest BCUT2D eigenvalue weighted by atomic mass is 9.94. The van der Waals surface area contributed by atoms with E-state index in [9.17, 15) is 13.2 Å². The molecule has 0 aromatic heterocycles. The first-order valence-electron chi connectivity index (χ1n) is 7.98. The Bertz CT molecular complexity index is 690. The van der Waals surface area contributed by atoms with Crippen LogP contribution in [0.25, 0.3) is 0 Å². The van der Waals surface area contributed by atoms with Crippen molar-refractivity contribution in [1.29, 1.82) is 0 Å². The standard InChI is InChI=1S/C16H23N3O3S/c1-23(21,22)18-14-7-4-8-19(11-14)16(20)15-9-12-5-2-3-6-13(12)10-17-15/h2-3,5-6,14-15,17-18H,4,7-11H2,1H3/t14-,15-/m0/s1. The zero-order valence-corrected chi connectivity index (χ0v) is 14.1. The molecular weight excluding hydrogens is 314 g/mol. The van der Waals surface area contributed by atoms with Crippen molar-refractivity contribution >= 4 is 15.9 Å². The molecule has 1 fully saturated rings. The average Bonchev–Trinajstić information content (AvgIpc) is 2.52. The average molecular weight is 337 g/mol. The lowest BCUT2D eigenvalue weighted by molar-refractivity contribution is -0.134. The number of carbonyl (C=O) groups is 1. The third kappa shape index (κ3) is 4.10. The Kier molecular flexibility index (Phi) is 4.70. The fourth-order valence-electron chi connectivity index (χ4n) is 3.43. The summed E-state index contributed by atoms with van der Waals surface area (Å²) in [6.07, 6.45) is 3.45. The summed E-state index contributed by atoms with van der Waals surface area (Å²) in [6.45, 7) is 1.85. The van der Waals surface area contributed by atoms with Crippen LogP contribution in [0.2, 0.25) is 0 Å². The molecule has 0 bridgehead atoms. The van der Waals surface area contributed by atoms with Crippen LogP contribution in [0.15, 0.2) is 24.3 Å². The van der Waals surface area contributed by atoms with Gasteiger partial charge in [-0.3, -0.25) is 4.79 Å². The summed E-state index contributed by atoms with van der Waals surface area (Å²) < 4.78 is 25.4. The highest BCUT2D eigenvalue weighted by atomic mass is 32.2. The summed E-state index contributed by atoms with van der Waals surface area (Å²) >= 11 is 0. The molecule has 6 nitrogen and oxygen atoms in total. The number of nitrogens with one attached hydrogen (secondary N) is 2. The summed E-state index contributed by atoms with van der Waals surface area (Å²) in [5, 5.41) is 3.31. The maximum absolute atomic E-state index is 12.8. The SMILES string of the molecule is CS(=O)(=O)N[C@H]1CCCN(C(=O)[C@@H]2Cc3ccccc3CN2)C1. The van der Waals surface area contributed by atoms with E-state index in [4.69, 9.17) is 0 Å². The Morgan fingerprint density at radius 3 is 2.78 bits per heavy atom. The van der Waals surface area contributed by atoms with Gasteiger partial charge in [-0.15, -0.1) is 0 Å². The first-order valence-corrected chi connectivity index (χ1v) is 9.88. The number of hydrogen-bond donors (Lipinski definition) is 2. The van der Waals surface area contributed by atoms with Crippen molar-refractivity contribution in [3.63, 3.8) is 0 Å². The Balaban J connectivity index is 1.64. The van der Waals surface area contributed by atoms with Crippen molar-refractivity contribution in [1.82, 2.24) is 14.9 Å². The quantitative estimate of drug-likeness (QED) is 0.828. The first-order chi connectivity index (χ1) is 10.9. The van der Waals surface area contributed by atoms with Crippen LogP contribution in [0.3, 0.4) is 0 Å². The van der Waals surface area contributed by atoms with E-state index >= 15 is 0 Å². The summed E-state index contributed by atoms with van der Waals surface area (Å²) in [5.74, 6) is 0.0690. The molecule has 0 spiro atoms. The number of piperidine rings is 1. The van der Waals surface area contributed by atoms with Crippen LogP contribution in [0.5, 0.6) is 0 Å². The van der Waals surface area contributed by atoms with Crippen LogP contribution in [0.4, 0.5) is 0 Å². The van der Waals surface area contributed by atoms with E-state index in [1.807, 2.05) is 12.1 Å². The molecule has 2 atom stereocenters. The third-order valence-corrected chi connectivity index (χ3v) is 5.25. The maximum Gasteiger partial charge on any atom is 0.240 e. The van der Waals surface area contributed by atoms with E-state index in [-0.39, 0.29) is 18.0 Å². The van der Waals surface area contributed by atoms with Gasteiger partial charge < -0.3 is 10.2 Å². The smallest absolute Gasteiger partial charge is 0.240 e. The number of nitrogens with zero attached hydrogens (tertiary/aromatic N) is 1. The maximum atomic E-state index is 12.8. The summed E-state index contributed by atoms with van der Waals surface area (Å²) in [6, 6.07) is 7.75. The van der Waals surface area contributed by atoms with E-state index in [1.165, 1.54) is 11.1 Å². The van der Waals surface area contributed by atoms with Gasteiger partial charge in [-0.05, 0) is 30.4 Å². The lowest BCUT2D eigenvalue weighted by Crippen LogP contribution is -2.55. The fourth-order valence-corrected chi connectivity index (χ4v) is 4.22. The molecule has 2 heterocycles. The van der Waals surface area contributed by atoms with Crippen molar-refractivity contribution in [2.75, 3.05) is 19.3 Å². The van der Waals surface area contributed by atoms with Gasteiger partial charge in [0, 0.05) is 25.7 Å². The zero-order valence-electron chi connectivity index (χ0n) is 13.3. The van der Waals surface area contributed by atoms with Crippen molar-refractivity contribution in [3.05, 3.63) is 35.4 Å². The van der Waals surface area contributed by atoms with Gasteiger partial charge >= 0.3 is 0 Å². The lowest BCUT2D eigenvalue weighted by Gasteiger charge is -2.36. The Hall–Kier alpha value is -1.44. The van der Waals surface area contributed by atoms with E-state index in [0.29, 0.717) is 26.1 Å². The van der Waals surface area contributed by atoms with Crippen molar-refractivity contribution in [2.45, 2.75) is 37.9 Å². The predicted octanol–water partition coefficient (Wildman–Crippen LogP) is 0.241. The minimum Gasteiger partial charge on any atom is -0.340 e. The highest BCUT2D eigenvalue weighted by Gasteiger charge is 2.31. The topological polar surface area (TPSA) is 78.5 Å². The number of likely N-dealkylation sites (tertiary alicyclic amines) is 1. The summed E-state index contributed by atoms with van der Waals surface area (Å²) in [4.78, 5) is 14.5. The van der Waals surface area contributed by atoms with E-state index in [1.54, 1.807) is 4.90 Å². The second-order valence-corrected chi connectivity index (χ2v) is 8.20. The van der Waals surface area contributed by atoms with Gasteiger partial charge in [-0.25, -0.2) is 13.1 Å². The molecule has 2 N–H and O–H groups in total. The minimum atomic E-state index is -3.24. The van der Waals surface area contributed by atoms with Crippen LogP contribution in [0, 0.1) is 0 Å². The molecule has 1 saturated heterocycles. The van der Waals surface area contributed by atoms with Crippen molar-refractivity contribution < 1.29 is 13.2 Å². The molecule has 1 aromatic carbocycles. The normalized spacial score (nSPS) is 25.0. The van der Waals surface area contributed by atoms with Gasteiger partial charge in [0.05, 0.1) is 12.3 Å². The number of amides is 1. The molecule has 1 aromatic rings. The van der Waals surface area contributed by atoms with Gasteiger partial charge in [0.2, 0.25) is 15.9 Å². The number of fused-ring (bicyclic) bond motifs is 1. The van der Waals surface area contributed by atoms with E-state index < -0.39 is 10.0 Å². The van der Waals surface area contributed by atoms with E-state index in [0.717, 1.165) is 19.1 Å². The number of benzene rings is 1. The highest BCUT2D eigenvalue weighted by Crippen LogP contribution is 2.19. The van der Waals surface area contributed by atoms with Crippen LogP contribution in [-0.4, -0.2) is 50.7 Å². The second-order valence-electron chi connectivity index (χ2n) is 6.42. The van der Waals surface area contributed by atoms with Gasteiger partial charge in [0.1, 0.15) is 0 Å². The number of hydrogen-bond acceptors (Lipinski definition) is 4. The fraction of sp³-hybridized carbons (Fsp3) is 0.562. The molecule has 1 amide bonds. The number of sulfonamides is 1. The van der Waals surface area contributed by atoms with Crippen LogP contribution >= 0.6 is 0 Å². The molecule has 126 valence electrons. The van der Waals surface area contributed by atoms with Gasteiger partial charge in [0.15, 0.2) is 0 Å². The molecular formula is C16H23N3O3S. The molecule has 2 aliphatic heterocycles. The van der Waals surface area contributed by atoms with Crippen LogP contribution in [0.1, 0.15) is 24.0 Å². The minimum absolute atomic E-state index is 0.0690. The Morgan fingerprint density at radius 1 is 1.30 bits per heavy atom. The molecule has 3 rings (SSSR count). The summed E-state index contributed by atoms with van der Waals surface area (Å²) in [5.41, 5.74) is 2.46. The molecule has 2 aliphatic rings. The molecule has 7 heteroatoms. The monoisotopic (exact) mass is 337 g/mol. The molecule has 23 heavy (non-hydrogen) atoms. The highest BCUT2D eigenvalue weighted by molar-refractivity contribution is 7.88. The zero-order chi connectivity index (χ0) is 16.4. The summed E-state index contributed by atoms with van der Waals surface area (Å²) in [7, 11) is -3.24. The van der Waals surface area contributed by atoms with Crippen molar-refractivity contribution in [2.24, 2.45) is 0 Å². The van der Waals surface area contributed by atoms with E-state index in [2.05, 4.69) is 22.2 Å². The Morgan fingerprint density at radius 2 is 2.04 bits per heavy atom. The molecule has 0 unspecified atom stereocenters. The van der Waals surface area contributed by atoms with Crippen molar-refractivity contribution in [3.8, 4) is 0 Å². The molecule has 0 radical (unpaired) electrons. The third-order valence-electron chi connectivity index (χ3n) is 4.49. The van der Waals surface area contributed by atoms with Gasteiger partial charge in [0.25, 0.3) is 0 Å². The Labute approximate surface area is 137 Å². The first kappa shape index (κ1) is 16.4. The second kappa shape index (κ2) is 6.59. The largest absolute Gasteiger partial charge is 0.340 e. The number of carbonyl (C=O) groups excluding carboxylic acids is 1.